The molecule has 2 aromatic rings. The third-order valence-electron chi connectivity index (χ3n) is 6.12. The summed E-state index contributed by atoms with van der Waals surface area (Å²) >= 11 is 1.22. The normalized spacial score (nSPS) is 17.7. The van der Waals surface area contributed by atoms with Crippen molar-refractivity contribution in [2.75, 3.05) is 19.6 Å². The van der Waals surface area contributed by atoms with E-state index in [1.165, 1.54) is 29.5 Å². The zero-order chi connectivity index (χ0) is 27.2. The number of hydrogen-bond donors (Lipinski definition) is 4. The molecule has 6 nitrogen and oxygen atoms in total. The average molecular weight is 536 g/mol. The zero-order valence-corrected chi connectivity index (χ0v) is 21.3. The minimum atomic E-state index is -4.82. The molecule has 5 N–H and O–H groups in total. The van der Waals surface area contributed by atoms with Crippen molar-refractivity contribution in [1.29, 1.82) is 5.26 Å². The van der Waals surface area contributed by atoms with Crippen LogP contribution < -0.4 is 21.7 Å². The summed E-state index contributed by atoms with van der Waals surface area (Å²) in [5.74, 6) is -2.00. The third-order valence-corrected chi connectivity index (χ3v) is 7.09. The van der Waals surface area contributed by atoms with Crippen molar-refractivity contribution >= 4 is 22.8 Å². The highest BCUT2D eigenvalue weighted by atomic mass is 32.1. The fourth-order valence-corrected chi connectivity index (χ4v) is 4.95. The van der Waals surface area contributed by atoms with Gasteiger partial charge in [-0.3, -0.25) is 4.79 Å². The van der Waals surface area contributed by atoms with Gasteiger partial charge in [-0.25, -0.2) is 4.39 Å². The molecule has 1 aromatic heterocycles. The molecule has 0 aliphatic carbocycles. The molecule has 3 atom stereocenters. The standard InChI is InChI=1S/C26H29F4N5OS/c1-3-33-13-21(25(32)26(28,29)30)24-18(5-4-6-22(24)27)20(19-11-17(12-31)37-15(19)2)14-35-23(36)8-7-16-9-10-34-16/h4-8,11,13,16,20,25,33-34H,3,9-10,14,32H2,1-2H3,(H,35,36)/b8-7+,21-13-/t16?,20-,25?/m0/s1. The molecule has 1 aliphatic heterocycles. The number of carbonyl (C=O) groups excluding carboxylic acids is 1. The molecular formula is C26H29F4N5OS. The second kappa shape index (κ2) is 12.4. The first-order valence-corrected chi connectivity index (χ1v) is 12.6. The number of nitrogens with one attached hydrogen (secondary N) is 3. The van der Waals surface area contributed by atoms with Gasteiger partial charge < -0.3 is 21.7 Å². The Bertz CT molecular complexity index is 1210. The summed E-state index contributed by atoms with van der Waals surface area (Å²) in [6.45, 7) is 4.61. The summed E-state index contributed by atoms with van der Waals surface area (Å²) in [5, 5.41) is 18.0. The summed E-state index contributed by atoms with van der Waals surface area (Å²) in [7, 11) is 0. The molecule has 1 aliphatic rings. The van der Waals surface area contributed by atoms with Crippen LogP contribution in [-0.4, -0.2) is 43.8 Å². The highest BCUT2D eigenvalue weighted by Crippen LogP contribution is 2.39. The molecule has 2 heterocycles. The Morgan fingerprint density at radius 2 is 2.11 bits per heavy atom. The average Bonchev–Trinajstić information content (AvgIpc) is 3.19. The van der Waals surface area contributed by atoms with Gasteiger partial charge in [-0.2, -0.15) is 18.4 Å². The van der Waals surface area contributed by atoms with Crippen LogP contribution in [0, 0.1) is 24.1 Å². The largest absolute Gasteiger partial charge is 0.407 e. The molecule has 2 unspecified atom stereocenters. The number of hydrogen-bond acceptors (Lipinski definition) is 6. The van der Waals surface area contributed by atoms with Crippen molar-refractivity contribution in [3.8, 4) is 6.07 Å². The highest BCUT2D eigenvalue weighted by molar-refractivity contribution is 7.12. The zero-order valence-electron chi connectivity index (χ0n) is 20.5. The van der Waals surface area contributed by atoms with Crippen molar-refractivity contribution in [2.24, 2.45) is 5.73 Å². The first-order valence-electron chi connectivity index (χ1n) is 11.8. The van der Waals surface area contributed by atoms with Gasteiger partial charge in [0.05, 0.1) is 0 Å². The Kier molecular flexibility index (Phi) is 9.48. The monoisotopic (exact) mass is 535 g/mol. The van der Waals surface area contributed by atoms with Crippen molar-refractivity contribution in [3.63, 3.8) is 0 Å². The number of amides is 1. The lowest BCUT2D eigenvalue weighted by molar-refractivity contribution is -0.134. The number of alkyl halides is 3. The van der Waals surface area contributed by atoms with Crippen molar-refractivity contribution in [1.82, 2.24) is 16.0 Å². The predicted octanol–water partition coefficient (Wildman–Crippen LogP) is 4.07. The van der Waals surface area contributed by atoms with Gasteiger partial charge in [0, 0.05) is 53.3 Å². The van der Waals surface area contributed by atoms with E-state index in [4.69, 9.17) is 5.73 Å². The van der Waals surface area contributed by atoms with E-state index in [0.717, 1.165) is 30.1 Å². The summed E-state index contributed by atoms with van der Waals surface area (Å²) in [4.78, 5) is 13.7. The van der Waals surface area contributed by atoms with Gasteiger partial charge >= 0.3 is 6.18 Å². The number of aryl methyl sites for hydroxylation is 1. The van der Waals surface area contributed by atoms with Crippen LogP contribution in [0.5, 0.6) is 0 Å². The number of halogens is 4. The Hall–Kier alpha value is -3.20. The van der Waals surface area contributed by atoms with Gasteiger partial charge in [0.1, 0.15) is 22.8 Å². The summed E-state index contributed by atoms with van der Waals surface area (Å²) < 4.78 is 56.5. The van der Waals surface area contributed by atoms with E-state index in [2.05, 4.69) is 22.0 Å². The summed E-state index contributed by atoms with van der Waals surface area (Å²) in [5.41, 5.74) is 5.68. The Labute approximate surface area is 217 Å². The molecule has 1 aromatic carbocycles. The van der Waals surface area contributed by atoms with E-state index >= 15 is 4.39 Å². The molecule has 1 fully saturated rings. The molecule has 1 saturated heterocycles. The van der Waals surface area contributed by atoms with Crippen LogP contribution in [0.2, 0.25) is 0 Å². The van der Waals surface area contributed by atoms with Crippen LogP contribution in [0.1, 0.15) is 45.7 Å². The number of carbonyl (C=O) groups is 1. The van der Waals surface area contributed by atoms with Crippen molar-refractivity contribution in [3.05, 3.63) is 74.9 Å². The van der Waals surface area contributed by atoms with Gasteiger partial charge in [0.15, 0.2) is 0 Å². The maximum Gasteiger partial charge on any atom is 0.407 e. The molecule has 0 saturated carbocycles. The molecule has 1 amide bonds. The minimum absolute atomic E-state index is 0.0318. The molecular weight excluding hydrogens is 506 g/mol. The molecule has 0 spiro atoms. The summed E-state index contributed by atoms with van der Waals surface area (Å²) in [6, 6.07) is 5.37. The number of thiophene rings is 1. The SMILES string of the molecule is CCN/C=C(/c1c(F)cccc1[C@H](CNC(=O)/C=C/C1CCN1)c1cc(C#N)sc1C)C(N)C(F)(F)F. The maximum atomic E-state index is 15.3. The Morgan fingerprint density at radius 3 is 2.68 bits per heavy atom. The van der Waals surface area contributed by atoms with E-state index < -0.39 is 29.5 Å². The van der Waals surface area contributed by atoms with Crippen molar-refractivity contribution < 1.29 is 22.4 Å². The van der Waals surface area contributed by atoms with Crippen LogP contribution in [0.15, 0.2) is 42.6 Å². The highest BCUT2D eigenvalue weighted by Gasteiger charge is 2.41. The Morgan fingerprint density at radius 1 is 1.38 bits per heavy atom. The lowest BCUT2D eigenvalue weighted by Crippen LogP contribution is -2.41. The third kappa shape index (κ3) is 6.97. The number of nitrogens with zero attached hydrogens (tertiary/aromatic N) is 1. The van der Waals surface area contributed by atoms with E-state index in [0.29, 0.717) is 17.0 Å². The van der Waals surface area contributed by atoms with E-state index in [9.17, 15) is 23.2 Å². The molecule has 11 heteroatoms. The Balaban J connectivity index is 2.09. The number of nitrogens with two attached hydrogens (primary N) is 1. The second-order valence-electron chi connectivity index (χ2n) is 8.62. The predicted molar refractivity (Wildman–Crippen MR) is 136 cm³/mol. The molecule has 37 heavy (non-hydrogen) atoms. The molecule has 0 radical (unpaired) electrons. The number of rotatable bonds is 10. The quantitative estimate of drug-likeness (QED) is 0.271. The summed E-state index contributed by atoms with van der Waals surface area (Å²) in [6.07, 6.45) is 0.329. The van der Waals surface area contributed by atoms with Gasteiger partial charge in [-0.15, -0.1) is 11.3 Å². The van der Waals surface area contributed by atoms with E-state index in [-0.39, 0.29) is 29.6 Å². The lowest BCUT2D eigenvalue weighted by atomic mass is 9.83. The van der Waals surface area contributed by atoms with Crippen LogP contribution in [-0.2, 0) is 4.79 Å². The van der Waals surface area contributed by atoms with Crippen molar-refractivity contribution in [2.45, 2.75) is 44.4 Å². The van der Waals surface area contributed by atoms with Crippen LogP contribution in [0.4, 0.5) is 17.6 Å². The van der Waals surface area contributed by atoms with Crippen LogP contribution in [0.25, 0.3) is 5.57 Å². The number of nitriles is 1. The number of benzene rings is 1. The first kappa shape index (κ1) is 28.4. The van der Waals surface area contributed by atoms with Gasteiger partial charge in [-0.05, 0) is 50.1 Å². The van der Waals surface area contributed by atoms with Gasteiger partial charge in [-0.1, -0.05) is 18.2 Å². The fourth-order valence-electron chi connectivity index (χ4n) is 4.07. The lowest BCUT2D eigenvalue weighted by Gasteiger charge is -2.26. The van der Waals surface area contributed by atoms with Crippen LogP contribution in [0.3, 0.4) is 0 Å². The van der Waals surface area contributed by atoms with Gasteiger partial charge in [0.2, 0.25) is 5.91 Å². The fraction of sp³-hybridized carbons (Fsp3) is 0.385. The topological polar surface area (TPSA) is 103 Å². The minimum Gasteiger partial charge on any atom is -0.391 e. The van der Waals surface area contributed by atoms with E-state index in [1.807, 2.05) is 0 Å². The second-order valence-corrected chi connectivity index (χ2v) is 9.88. The smallest absolute Gasteiger partial charge is 0.391 e. The maximum absolute atomic E-state index is 15.3. The van der Waals surface area contributed by atoms with Gasteiger partial charge in [0.25, 0.3) is 0 Å². The molecule has 3 rings (SSSR count). The van der Waals surface area contributed by atoms with E-state index in [1.54, 1.807) is 26.0 Å². The molecule has 198 valence electrons. The molecule has 0 bridgehead atoms. The first-order chi connectivity index (χ1) is 17.6. The van der Waals surface area contributed by atoms with Crippen LogP contribution >= 0.6 is 11.3 Å².